The average Bonchev–Trinajstić information content (AvgIpc) is 3.44. The molecule has 0 saturated heterocycles. The lowest BCUT2D eigenvalue weighted by Gasteiger charge is -2.25. The van der Waals surface area contributed by atoms with E-state index in [4.69, 9.17) is 0 Å². The van der Waals surface area contributed by atoms with E-state index in [0.717, 1.165) is 16.7 Å². The summed E-state index contributed by atoms with van der Waals surface area (Å²) in [5.74, 6) is -1.07. The van der Waals surface area contributed by atoms with Crippen molar-refractivity contribution in [3.8, 4) is 0 Å². The number of hydrogen-bond donors (Lipinski definition) is 2. The van der Waals surface area contributed by atoms with Crippen molar-refractivity contribution in [3.63, 3.8) is 0 Å². The number of rotatable bonds is 8. The Morgan fingerprint density at radius 1 is 1.10 bits per heavy atom. The predicted octanol–water partition coefficient (Wildman–Crippen LogP) is 2.67. The number of halogens is 1. The smallest absolute Gasteiger partial charge is 0.253 e. The molecule has 0 heterocycles. The van der Waals surface area contributed by atoms with Gasteiger partial charge in [0.15, 0.2) is 0 Å². The number of benzene rings is 2. The van der Waals surface area contributed by atoms with E-state index < -0.39 is 11.7 Å². The molecule has 6 heteroatoms. The highest BCUT2D eigenvalue weighted by Gasteiger charge is 2.44. The van der Waals surface area contributed by atoms with Crippen LogP contribution in [0, 0.1) is 5.82 Å². The molecule has 5 nitrogen and oxygen atoms in total. The second kappa shape index (κ2) is 8.79. The molecular formula is C24H28FN3O2. The number of allylic oxidation sites excluding steroid dienone is 1. The van der Waals surface area contributed by atoms with Gasteiger partial charge in [0.2, 0.25) is 5.91 Å². The van der Waals surface area contributed by atoms with Crippen LogP contribution in [0.4, 0.5) is 4.39 Å². The third-order valence-corrected chi connectivity index (χ3v) is 5.73. The minimum atomic E-state index is -0.546. The largest absolute Gasteiger partial charge is 0.355 e. The van der Waals surface area contributed by atoms with Crippen molar-refractivity contribution < 1.29 is 14.0 Å². The quantitative estimate of drug-likeness (QED) is 0.705. The Bertz CT molecular complexity index is 972. The molecule has 1 aliphatic rings. The maximum Gasteiger partial charge on any atom is 0.253 e. The summed E-state index contributed by atoms with van der Waals surface area (Å²) in [5, 5.41) is 5.45. The number of nitrogens with zero attached hydrogens (tertiary/aromatic N) is 1. The number of amides is 2. The van der Waals surface area contributed by atoms with Gasteiger partial charge in [-0.3, -0.25) is 9.59 Å². The lowest BCUT2D eigenvalue weighted by molar-refractivity contribution is -0.117. The van der Waals surface area contributed by atoms with E-state index in [1.54, 1.807) is 6.07 Å². The molecule has 0 aromatic heterocycles. The molecular weight excluding hydrogens is 381 g/mol. The number of nitrogens with one attached hydrogen (secondary N) is 2. The Morgan fingerprint density at radius 2 is 1.80 bits per heavy atom. The van der Waals surface area contributed by atoms with Gasteiger partial charge in [-0.2, -0.15) is 0 Å². The fourth-order valence-corrected chi connectivity index (χ4v) is 3.60. The molecule has 0 bridgehead atoms. The van der Waals surface area contributed by atoms with Crippen molar-refractivity contribution in [2.75, 3.05) is 27.7 Å². The first kappa shape index (κ1) is 21.7. The number of likely N-dealkylation sites (N-methyl/N-ethyl adjacent to an activating group) is 1. The minimum Gasteiger partial charge on any atom is -0.355 e. The summed E-state index contributed by atoms with van der Waals surface area (Å²) in [5.41, 5.74) is 2.36. The van der Waals surface area contributed by atoms with Crippen LogP contribution in [0.1, 0.15) is 28.4 Å². The van der Waals surface area contributed by atoms with E-state index >= 15 is 0 Å². The first-order valence-corrected chi connectivity index (χ1v) is 10.00. The monoisotopic (exact) mass is 409 g/mol. The van der Waals surface area contributed by atoms with Crippen LogP contribution in [-0.2, 0) is 16.6 Å². The molecule has 1 aliphatic carbocycles. The minimum absolute atomic E-state index is 0.0125. The highest BCUT2D eigenvalue weighted by molar-refractivity contribution is 6.02. The van der Waals surface area contributed by atoms with Gasteiger partial charge < -0.3 is 15.5 Å². The van der Waals surface area contributed by atoms with Crippen molar-refractivity contribution in [1.29, 1.82) is 0 Å². The van der Waals surface area contributed by atoms with Crippen LogP contribution in [0.25, 0.3) is 0 Å². The highest BCUT2D eigenvalue weighted by atomic mass is 19.1. The highest BCUT2D eigenvalue weighted by Crippen LogP contribution is 2.46. The molecule has 2 aromatic carbocycles. The zero-order valence-electron chi connectivity index (χ0n) is 17.8. The van der Waals surface area contributed by atoms with E-state index in [1.165, 1.54) is 19.2 Å². The number of carbonyl (C=O) groups excluding carboxylic acids is 2. The molecule has 2 atom stereocenters. The van der Waals surface area contributed by atoms with E-state index in [0.29, 0.717) is 13.0 Å². The standard InChI is InChI=1S/C24H28FN3O2/c1-24(17-8-6-5-7-9-17)14-20(24)23(30)27-15-18(28(3)4)12-16-10-11-19(21(25)13-16)22(29)26-2/h5-11,13-14,18H,12,15H2,1-4H3,(H,26,29)(H,27,30)/t18-,24-/m0/s1. The molecule has 0 fully saturated rings. The van der Waals surface area contributed by atoms with Gasteiger partial charge in [-0.25, -0.2) is 4.39 Å². The summed E-state index contributed by atoms with van der Waals surface area (Å²) in [6.07, 6.45) is 2.53. The Balaban J connectivity index is 1.60. The van der Waals surface area contributed by atoms with E-state index in [9.17, 15) is 14.0 Å². The van der Waals surface area contributed by atoms with Crippen LogP contribution in [0.15, 0.2) is 60.2 Å². The lowest BCUT2D eigenvalue weighted by atomic mass is 9.92. The molecule has 3 rings (SSSR count). The van der Waals surface area contributed by atoms with Gasteiger partial charge in [0, 0.05) is 30.6 Å². The van der Waals surface area contributed by atoms with Gasteiger partial charge in [0.05, 0.1) is 5.56 Å². The van der Waals surface area contributed by atoms with Gasteiger partial charge in [0.1, 0.15) is 5.82 Å². The number of carbonyl (C=O) groups is 2. The van der Waals surface area contributed by atoms with E-state index in [1.807, 2.05) is 62.3 Å². The Labute approximate surface area is 177 Å². The maximum atomic E-state index is 14.3. The first-order valence-electron chi connectivity index (χ1n) is 10.00. The molecule has 0 aliphatic heterocycles. The van der Waals surface area contributed by atoms with Gasteiger partial charge in [-0.05, 0) is 50.7 Å². The SMILES string of the molecule is CNC(=O)c1ccc(C[C@@H](CNC(=O)C2=C[C@@]2(C)c2ccccc2)N(C)C)cc1F. The summed E-state index contributed by atoms with van der Waals surface area (Å²) in [4.78, 5) is 26.3. The van der Waals surface area contributed by atoms with Crippen molar-refractivity contribution >= 4 is 11.8 Å². The Morgan fingerprint density at radius 3 is 2.40 bits per heavy atom. The summed E-state index contributed by atoms with van der Waals surface area (Å²) >= 11 is 0. The van der Waals surface area contributed by atoms with Crippen molar-refractivity contribution in [2.45, 2.75) is 24.8 Å². The molecule has 2 N–H and O–H groups in total. The average molecular weight is 410 g/mol. The lowest BCUT2D eigenvalue weighted by Crippen LogP contribution is -2.42. The summed E-state index contributed by atoms with van der Waals surface area (Å²) < 4.78 is 14.3. The first-order chi connectivity index (χ1) is 14.3. The third-order valence-electron chi connectivity index (χ3n) is 5.73. The zero-order valence-corrected chi connectivity index (χ0v) is 17.8. The summed E-state index contributed by atoms with van der Waals surface area (Å²) in [6, 6.07) is 14.6. The van der Waals surface area contributed by atoms with Crippen LogP contribution in [0.5, 0.6) is 0 Å². The van der Waals surface area contributed by atoms with Crippen molar-refractivity contribution in [3.05, 3.63) is 82.7 Å². The predicted molar refractivity (Wildman–Crippen MR) is 116 cm³/mol. The van der Waals surface area contributed by atoms with E-state index in [2.05, 4.69) is 10.6 Å². The molecule has 0 spiro atoms. The molecule has 0 unspecified atom stereocenters. The fourth-order valence-electron chi connectivity index (χ4n) is 3.60. The van der Waals surface area contributed by atoms with Crippen LogP contribution < -0.4 is 10.6 Å². The van der Waals surface area contributed by atoms with Gasteiger partial charge in [-0.1, -0.05) is 42.5 Å². The zero-order chi connectivity index (χ0) is 21.9. The van der Waals surface area contributed by atoms with Crippen molar-refractivity contribution in [2.24, 2.45) is 0 Å². The molecule has 158 valence electrons. The molecule has 2 aromatic rings. The third kappa shape index (κ3) is 4.60. The molecule has 2 amide bonds. The van der Waals surface area contributed by atoms with Crippen LogP contribution in [0.3, 0.4) is 0 Å². The van der Waals surface area contributed by atoms with Gasteiger partial charge in [-0.15, -0.1) is 0 Å². The molecule has 30 heavy (non-hydrogen) atoms. The second-order valence-corrected chi connectivity index (χ2v) is 8.05. The van der Waals surface area contributed by atoms with E-state index in [-0.39, 0.29) is 22.9 Å². The Hall–Kier alpha value is -2.99. The van der Waals surface area contributed by atoms with Gasteiger partial charge in [0.25, 0.3) is 5.91 Å². The number of hydrogen-bond acceptors (Lipinski definition) is 3. The topological polar surface area (TPSA) is 61.4 Å². The second-order valence-electron chi connectivity index (χ2n) is 8.05. The van der Waals surface area contributed by atoms with Gasteiger partial charge >= 0.3 is 0 Å². The van der Waals surface area contributed by atoms with Crippen LogP contribution >= 0.6 is 0 Å². The summed E-state index contributed by atoms with van der Waals surface area (Å²) in [6.45, 7) is 2.48. The fraction of sp³-hybridized carbons (Fsp3) is 0.333. The normalized spacial score (nSPS) is 18.5. The maximum absolute atomic E-state index is 14.3. The van der Waals surface area contributed by atoms with Crippen molar-refractivity contribution in [1.82, 2.24) is 15.5 Å². The Kier molecular flexibility index (Phi) is 6.37. The summed E-state index contributed by atoms with van der Waals surface area (Å²) in [7, 11) is 5.33. The van der Waals surface area contributed by atoms with Crippen LogP contribution in [0.2, 0.25) is 0 Å². The molecule has 0 radical (unpaired) electrons. The molecule has 0 saturated carbocycles. The van der Waals surface area contributed by atoms with Crippen LogP contribution in [-0.4, -0.2) is 50.4 Å².